The minimum atomic E-state index is -0.783. The first-order chi connectivity index (χ1) is 15.6. The van der Waals surface area contributed by atoms with Crippen molar-refractivity contribution in [1.29, 1.82) is 0 Å². The number of hydrogen-bond donors (Lipinski definition) is 2. The molecule has 1 aliphatic carbocycles. The Morgan fingerprint density at radius 3 is 2.52 bits per heavy atom. The number of amides is 3. The Hall–Kier alpha value is -2.83. The SMILES string of the molecule is C=Cc1cccc(C(C(=O)NCCCCC)N(C(=O)CNC(=O)OC(C)(C)C)C2CC2C)c1. The van der Waals surface area contributed by atoms with Crippen LogP contribution in [0.25, 0.3) is 6.08 Å². The van der Waals surface area contributed by atoms with Gasteiger partial charge in [0.05, 0.1) is 0 Å². The summed E-state index contributed by atoms with van der Waals surface area (Å²) in [5.41, 5.74) is 0.939. The number of carbonyl (C=O) groups excluding carboxylic acids is 3. The molecule has 1 saturated carbocycles. The molecule has 7 heteroatoms. The van der Waals surface area contributed by atoms with Gasteiger partial charge in [-0.05, 0) is 56.7 Å². The molecule has 3 unspecified atom stereocenters. The van der Waals surface area contributed by atoms with E-state index in [-0.39, 0.29) is 30.3 Å². The summed E-state index contributed by atoms with van der Waals surface area (Å²) in [5.74, 6) is -0.238. The molecule has 0 spiro atoms. The van der Waals surface area contributed by atoms with Gasteiger partial charge in [-0.2, -0.15) is 0 Å². The van der Waals surface area contributed by atoms with Crippen LogP contribution >= 0.6 is 0 Å². The van der Waals surface area contributed by atoms with Gasteiger partial charge >= 0.3 is 6.09 Å². The lowest BCUT2D eigenvalue weighted by molar-refractivity contribution is -0.141. The van der Waals surface area contributed by atoms with Crippen molar-refractivity contribution in [2.24, 2.45) is 5.92 Å². The van der Waals surface area contributed by atoms with Gasteiger partial charge in [0, 0.05) is 12.6 Å². The van der Waals surface area contributed by atoms with Crippen LogP contribution in [0.1, 0.15) is 77.5 Å². The number of rotatable bonds is 11. The molecule has 1 aromatic rings. The predicted molar refractivity (Wildman–Crippen MR) is 130 cm³/mol. The Morgan fingerprint density at radius 2 is 1.94 bits per heavy atom. The molecule has 33 heavy (non-hydrogen) atoms. The van der Waals surface area contributed by atoms with Gasteiger partial charge in [0.25, 0.3) is 0 Å². The van der Waals surface area contributed by atoms with E-state index < -0.39 is 17.7 Å². The third-order valence-electron chi connectivity index (χ3n) is 5.56. The summed E-state index contributed by atoms with van der Waals surface area (Å²) in [6, 6.07) is 6.67. The molecule has 0 radical (unpaired) electrons. The fraction of sp³-hybridized carbons (Fsp3) is 0.577. The minimum Gasteiger partial charge on any atom is -0.444 e. The van der Waals surface area contributed by atoms with Crippen LogP contribution in [0.15, 0.2) is 30.8 Å². The van der Waals surface area contributed by atoms with Crippen molar-refractivity contribution in [2.75, 3.05) is 13.1 Å². The van der Waals surface area contributed by atoms with E-state index in [0.29, 0.717) is 6.54 Å². The second-order valence-electron chi connectivity index (χ2n) is 9.71. The summed E-state index contributed by atoms with van der Waals surface area (Å²) in [5, 5.41) is 5.56. The molecule has 0 aliphatic heterocycles. The fourth-order valence-electron chi connectivity index (χ4n) is 3.74. The molecule has 2 N–H and O–H groups in total. The van der Waals surface area contributed by atoms with Crippen molar-refractivity contribution in [1.82, 2.24) is 15.5 Å². The Labute approximate surface area is 197 Å². The number of ether oxygens (including phenoxy) is 1. The van der Waals surface area contributed by atoms with E-state index >= 15 is 0 Å². The highest BCUT2D eigenvalue weighted by atomic mass is 16.6. The molecule has 2 rings (SSSR count). The van der Waals surface area contributed by atoms with E-state index in [2.05, 4.69) is 31.1 Å². The number of carbonyl (C=O) groups is 3. The molecular formula is C26H39N3O4. The van der Waals surface area contributed by atoms with Gasteiger partial charge in [0.1, 0.15) is 18.2 Å². The van der Waals surface area contributed by atoms with Crippen molar-refractivity contribution in [3.63, 3.8) is 0 Å². The van der Waals surface area contributed by atoms with Crippen LogP contribution in [0.2, 0.25) is 0 Å². The average Bonchev–Trinajstić information content (AvgIpc) is 3.47. The number of hydrogen-bond acceptors (Lipinski definition) is 4. The average molecular weight is 458 g/mol. The molecule has 0 saturated heterocycles. The van der Waals surface area contributed by atoms with Crippen LogP contribution in [-0.2, 0) is 14.3 Å². The Bertz CT molecular complexity index is 846. The van der Waals surface area contributed by atoms with Crippen molar-refractivity contribution in [3.8, 4) is 0 Å². The quantitative estimate of drug-likeness (QED) is 0.481. The first-order valence-corrected chi connectivity index (χ1v) is 11.9. The Balaban J connectivity index is 2.27. The molecule has 0 aromatic heterocycles. The third-order valence-corrected chi connectivity index (χ3v) is 5.56. The van der Waals surface area contributed by atoms with E-state index in [1.807, 2.05) is 24.3 Å². The standard InChI is InChI=1S/C26H39N3O4/c1-7-9-10-14-27-24(31)23(20-13-11-12-19(8-2)16-20)29(21-15-18(21)3)22(30)17-28-25(32)33-26(4,5)6/h8,11-13,16,18,21,23H,2,7,9-10,14-15,17H2,1,3-6H3,(H,27,31)(H,28,32). The lowest BCUT2D eigenvalue weighted by Crippen LogP contribution is -2.49. The number of nitrogens with one attached hydrogen (secondary N) is 2. The van der Waals surface area contributed by atoms with Crippen molar-refractivity contribution >= 4 is 24.0 Å². The maximum Gasteiger partial charge on any atom is 0.408 e. The second-order valence-corrected chi connectivity index (χ2v) is 9.71. The van der Waals surface area contributed by atoms with Gasteiger partial charge in [0.15, 0.2) is 0 Å². The van der Waals surface area contributed by atoms with Crippen molar-refractivity contribution < 1.29 is 19.1 Å². The van der Waals surface area contributed by atoms with Gasteiger partial charge in [-0.15, -0.1) is 0 Å². The van der Waals surface area contributed by atoms with Gasteiger partial charge in [-0.25, -0.2) is 4.79 Å². The lowest BCUT2D eigenvalue weighted by atomic mass is 10.0. The molecule has 7 nitrogen and oxygen atoms in total. The Morgan fingerprint density at radius 1 is 1.24 bits per heavy atom. The molecule has 182 valence electrons. The van der Waals surface area contributed by atoms with Crippen molar-refractivity contribution in [3.05, 3.63) is 42.0 Å². The summed E-state index contributed by atoms with van der Waals surface area (Å²) >= 11 is 0. The van der Waals surface area contributed by atoms with Crippen molar-refractivity contribution in [2.45, 2.75) is 78.0 Å². The molecule has 3 amide bonds. The molecule has 1 fully saturated rings. The molecule has 1 aromatic carbocycles. The summed E-state index contributed by atoms with van der Waals surface area (Å²) in [6.07, 6.45) is 4.85. The zero-order valence-electron chi connectivity index (χ0n) is 20.6. The van der Waals surface area contributed by atoms with E-state index in [1.165, 1.54) is 0 Å². The van der Waals surface area contributed by atoms with Gasteiger partial charge in [-0.1, -0.05) is 57.5 Å². The van der Waals surface area contributed by atoms with Gasteiger partial charge in [-0.3, -0.25) is 9.59 Å². The van der Waals surface area contributed by atoms with E-state index in [4.69, 9.17) is 4.74 Å². The van der Waals surface area contributed by atoms with Crippen LogP contribution in [0, 0.1) is 5.92 Å². The molecule has 3 atom stereocenters. The zero-order valence-corrected chi connectivity index (χ0v) is 20.6. The van der Waals surface area contributed by atoms with Crippen LogP contribution < -0.4 is 10.6 Å². The summed E-state index contributed by atoms with van der Waals surface area (Å²) in [4.78, 5) is 40.5. The van der Waals surface area contributed by atoms with Crippen LogP contribution in [0.5, 0.6) is 0 Å². The smallest absolute Gasteiger partial charge is 0.408 e. The monoisotopic (exact) mass is 457 g/mol. The third kappa shape index (κ3) is 8.22. The van der Waals surface area contributed by atoms with E-state index in [9.17, 15) is 14.4 Å². The summed E-state index contributed by atoms with van der Waals surface area (Å²) < 4.78 is 5.25. The van der Waals surface area contributed by atoms with Gasteiger partial charge in [0.2, 0.25) is 11.8 Å². The van der Waals surface area contributed by atoms with E-state index in [0.717, 1.165) is 36.8 Å². The maximum atomic E-state index is 13.4. The lowest BCUT2D eigenvalue weighted by Gasteiger charge is -2.32. The van der Waals surface area contributed by atoms with Crippen LogP contribution in [0.4, 0.5) is 4.79 Å². The summed E-state index contributed by atoms with van der Waals surface area (Å²) in [7, 11) is 0. The molecule has 0 heterocycles. The molecular weight excluding hydrogens is 418 g/mol. The minimum absolute atomic E-state index is 0.0586. The second kappa shape index (κ2) is 11.9. The Kier molecular flexibility index (Phi) is 9.50. The van der Waals surface area contributed by atoms with Crippen LogP contribution in [-0.4, -0.2) is 47.5 Å². The normalized spacial score (nSPS) is 18.1. The van der Waals surface area contributed by atoms with Gasteiger partial charge < -0.3 is 20.3 Å². The fourth-order valence-corrected chi connectivity index (χ4v) is 3.74. The first kappa shape index (κ1) is 26.4. The number of benzene rings is 1. The predicted octanol–water partition coefficient (Wildman–Crippen LogP) is 4.44. The van der Waals surface area contributed by atoms with Crippen LogP contribution in [0.3, 0.4) is 0 Å². The number of unbranched alkanes of at least 4 members (excludes halogenated alkanes) is 2. The number of nitrogens with zero attached hydrogens (tertiary/aromatic N) is 1. The highest BCUT2D eigenvalue weighted by Crippen LogP contribution is 2.40. The summed E-state index contributed by atoms with van der Waals surface area (Å²) in [6.45, 7) is 13.6. The maximum absolute atomic E-state index is 13.4. The topological polar surface area (TPSA) is 87.7 Å². The highest BCUT2D eigenvalue weighted by Gasteiger charge is 2.46. The molecule has 0 bridgehead atoms. The number of alkyl carbamates (subject to hydrolysis) is 1. The van der Waals surface area contributed by atoms with E-state index in [1.54, 1.807) is 31.7 Å². The highest BCUT2D eigenvalue weighted by molar-refractivity contribution is 5.91. The molecule has 1 aliphatic rings. The largest absolute Gasteiger partial charge is 0.444 e. The first-order valence-electron chi connectivity index (χ1n) is 11.9. The zero-order chi connectivity index (χ0) is 24.6.